The number of carbonyl (C=O) groups excluding carboxylic acids is 4. The molecule has 0 spiro atoms. The molecule has 0 atom stereocenters. The first-order chi connectivity index (χ1) is 22.2. The maximum Gasteiger partial charge on any atom is 0.338 e. The highest BCUT2D eigenvalue weighted by Gasteiger charge is 2.16. The molecule has 0 radical (unpaired) electrons. The lowest BCUT2D eigenvalue weighted by atomic mass is 10.1. The van der Waals surface area contributed by atoms with Crippen LogP contribution >= 0.6 is 35.0 Å². The quantitative estimate of drug-likeness (QED) is 0.0571. The van der Waals surface area contributed by atoms with Gasteiger partial charge in [0.05, 0.1) is 17.9 Å². The Hall–Kier alpha value is -4.57. The number of halogens is 2. The summed E-state index contributed by atoms with van der Waals surface area (Å²) in [4.78, 5) is 51.6. The number of nitrogens with one attached hydrogen (secondary N) is 3. The normalized spacial score (nSPS) is 11.0. The second-order valence-corrected chi connectivity index (χ2v) is 11.8. The molecule has 3 N–H and O–H groups in total. The molecule has 4 rings (SSSR count). The van der Waals surface area contributed by atoms with E-state index in [0.29, 0.717) is 44.7 Å². The van der Waals surface area contributed by atoms with Gasteiger partial charge in [0.2, 0.25) is 5.91 Å². The van der Waals surface area contributed by atoms with Crippen LogP contribution in [-0.4, -0.2) is 36.1 Å². The average Bonchev–Trinajstić information content (AvgIpc) is 3.06. The van der Waals surface area contributed by atoms with E-state index in [-0.39, 0.29) is 17.4 Å². The number of benzene rings is 4. The Labute approximate surface area is 281 Å². The van der Waals surface area contributed by atoms with Crippen LogP contribution in [0.2, 0.25) is 10.0 Å². The molecule has 46 heavy (non-hydrogen) atoms. The second kappa shape index (κ2) is 17.2. The fraction of sp³-hybridized carbons (Fsp3) is 0.143. The number of rotatable bonds is 13. The van der Waals surface area contributed by atoms with Crippen molar-refractivity contribution in [2.24, 2.45) is 0 Å². The van der Waals surface area contributed by atoms with Gasteiger partial charge in [-0.2, -0.15) is 0 Å². The van der Waals surface area contributed by atoms with E-state index in [2.05, 4.69) is 16.0 Å². The van der Waals surface area contributed by atoms with Crippen LogP contribution in [0.15, 0.2) is 108 Å². The monoisotopic (exact) mass is 675 g/mol. The van der Waals surface area contributed by atoms with Gasteiger partial charge in [-0.3, -0.25) is 14.4 Å². The SMILES string of the molecule is CCCCOC(=O)c1ccc(NC(=O)CSc2ccc(NC(=O)/C(=C/c3ccc(Cl)cc3Cl)NC(=O)c3ccccc3)cc2)cc1. The van der Waals surface area contributed by atoms with E-state index in [1.807, 2.05) is 6.92 Å². The maximum absolute atomic E-state index is 13.3. The van der Waals surface area contributed by atoms with Gasteiger partial charge in [0.1, 0.15) is 5.70 Å². The molecule has 0 unspecified atom stereocenters. The zero-order valence-corrected chi connectivity index (χ0v) is 27.2. The predicted molar refractivity (Wildman–Crippen MR) is 184 cm³/mol. The molecule has 0 aliphatic carbocycles. The fourth-order valence-corrected chi connectivity index (χ4v) is 5.14. The number of hydrogen-bond donors (Lipinski definition) is 3. The summed E-state index contributed by atoms with van der Waals surface area (Å²) >= 11 is 13.7. The summed E-state index contributed by atoms with van der Waals surface area (Å²) in [5.74, 6) is -1.48. The van der Waals surface area contributed by atoms with Crippen LogP contribution < -0.4 is 16.0 Å². The first kappa shape index (κ1) is 34.3. The van der Waals surface area contributed by atoms with Crippen LogP contribution in [0.3, 0.4) is 0 Å². The van der Waals surface area contributed by atoms with Crippen molar-refractivity contribution in [3.8, 4) is 0 Å². The van der Waals surface area contributed by atoms with Gasteiger partial charge in [-0.25, -0.2) is 4.79 Å². The Morgan fingerprint density at radius 2 is 1.48 bits per heavy atom. The Kier molecular flexibility index (Phi) is 12.8. The van der Waals surface area contributed by atoms with E-state index < -0.39 is 17.8 Å². The zero-order valence-electron chi connectivity index (χ0n) is 24.8. The molecule has 0 aliphatic rings. The fourth-order valence-electron chi connectivity index (χ4n) is 3.98. The topological polar surface area (TPSA) is 114 Å². The van der Waals surface area contributed by atoms with Gasteiger partial charge in [0.15, 0.2) is 0 Å². The summed E-state index contributed by atoms with van der Waals surface area (Å²) in [7, 11) is 0. The minimum Gasteiger partial charge on any atom is -0.462 e. The number of hydrogen-bond acceptors (Lipinski definition) is 6. The number of thioether (sulfide) groups is 1. The Balaban J connectivity index is 1.34. The number of anilines is 2. The molecular formula is C35H31Cl2N3O5S. The number of unbranched alkanes of at least 4 members (excludes halogenated alkanes) is 1. The lowest BCUT2D eigenvalue weighted by Gasteiger charge is -2.12. The standard InChI is InChI=1S/C35H31Cl2N3O5S/c1-2-3-19-45-35(44)24-10-13-27(14-11-24)38-32(41)22-46-29-17-15-28(16-18-29)39-34(43)31(20-25-9-12-26(36)21-30(25)37)40-33(42)23-7-5-4-6-8-23/h4-18,20-21H,2-3,19,22H2,1H3,(H,38,41)(H,39,43)(H,40,42)/b31-20-. The molecule has 0 bridgehead atoms. The lowest BCUT2D eigenvalue weighted by molar-refractivity contribution is -0.114. The second-order valence-electron chi connectivity index (χ2n) is 9.93. The molecule has 8 nitrogen and oxygen atoms in total. The molecule has 3 amide bonds. The van der Waals surface area contributed by atoms with Crippen LogP contribution in [-0.2, 0) is 14.3 Å². The van der Waals surface area contributed by atoms with Crippen LogP contribution in [0.4, 0.5) is 11.4 Å². The molecule has 0 aromatic heterocycles. The highest BCUT2D eigenvalue weighted by molar-refractivity contribution is 8.00. The number of carbonyl (C=O) groups is 4. The van der Waals surface area contributed by atoms with Crippen LogP contribution in [0.5, 0.6) is 0 Å². The summed E-state index contributed by atoms with van der Waals surface area (Å²) in [6.45, 7) is 2.40. The van der Waals surface area contributed by atoms with Crippen molar-refractivity contribution >= 4 is 76.1 Å². The Bertz CT molecular complexity index is 1710. The van der Waals surface area contributed by atoms with Crippen molar-refractivity contribution < 1.29 is 23.9 Å². The van der Waals surface area contributed by atoms with Crippen molar-refractivity contribution in [1.29, 1.82) is 0 Å². The number of esters is 1. The first-order valence-corrected chi connectivity index (χ1v) is 16.1. The Morgan fingerprint density at radius 1 is 0.804 bits per heavy atom. The van der Waals surface area contributed by atoms with E-state index >= 15 is 0 Å². The molecule has 236 valence electrons. The minimum atomic E-state index is -0.560. The van der Waals surface area contributed by atoms with E-state index in [1.54, 1.807) is 97.1 Å². The van der Waals surface area contributed by atoms with E-state index in [1.165, 1.54) is 17.8 Å². The van der Waals surface area contributed by atoms with Crippen LogP contribution in [0, 0.1) is 0 Å². The third-order valence-corrected chi connectivity index (χ3v) is 7.98. The molecule has 0 aliphatic heterocycles. The van der Waals surface area contributed by atoms with Gasteiger partial charge in [-0.15, -0.1) is 11.8 Å². The summed E-state index contributed by atoms with van der Waals surface area (Å²) in [6, 6.07) is 26.8. The average molecular weight is 677 g/mol. The highest BCUT2D eigenvalue weighted by atomic mass is 35.5. The maximum atomic E-state index is 13.3. The van der Waals surface area contributed by atoms with Gasteiger partial charge in [-0.05, 0) is 90.9 Å². The van der Waals surface area contributed by atoms with Crippen LogP contribution in [0.25, 0.3) is 6.08 Å². The molecule has 4 aromatic carbocycles. The molecule has 0 saturated carbocycles. The zero-order chi connectivity index (χ0) is 32.9. The van der Waals surface area contributed by atoms with Gasteiger partial charge < -0.3 is 20.7 Å². The van der Waals surface area contributed by atoms with E-state index in [4.69, 9.17) is 27.9 Å². The van der Waals surface area contributed by atoms with Gasteiger partial charge >= 0.3 is 5.97 Å². The summed E-state index contributed by atoms with van der Waals surface area (Å²) < 4.78 is 5.20. The summed E-state index contributed by atoms with van der Waals surface area (Å²) in [5, 5.41) is 9.02. The molecular weight excluding hydrogens is 645 g/mol. The van der Waals surface area contributed by atoms with Crippen molar-refractivity contribution in [2.45, 2.75) is 24.7 Å². The first-order valence-electron chi connectivity index (χ1n) is 14.4. The van der Waals surface area contributed by atoms with E-state index in [0.717, 1.165) is 17.7 Å². The highest BCUT2D eigenvalue weighted by Crippen LogP contribution is 2.24. The van der Waals surface area contributed by atoms with Crippen molar-refractivity contribution in [1.82, 2.24) is 5.32 Å². The van der Waals surface area contributed by atoms with E-state index in [9.17, 15) is 19.2 Å². The van der Waals surface area contributed by atoms with Gasteiger partial charge in [0, 0.05) is 31.9 Å². The molecule has 4 aromatic rings. The number of amides is 3. The van der Waals surface area contributed by atoms with Crippen molar-refractivity contribution in [3.05, 3.63) is 129 Å². The van der Waals surface area contributed by atoms with Gasteiger partial charge in [0.25, 0.3) is 11.8 Å². The number of ether oxygens (including phenoxy) is 1. The smallest absolute Gasteiger partial charge is 0.338 e. The minimum absolute atomic E-state index is 0.0189. The molecule has 0 fully saturated rings. The molecule has 0 saturated heterocycles. The third-order valence-electron chi connectivity index (χ3n) is 6.41. The third kappa shape index (κ3) is 10.5. The molecule has 11 heteroatoms. The van der Waals surface area contributed by atoms with Gasteiger partial charge in [-0.1, -0.05) is 60.8 Å². The van der Waals surface area contributed by atoms with Crippen LogP contribution in [0.1, 0.15) is 46.0 Å². The largest absolute Gasteiger partial charge is 0.462 e. The van der Waals surface area contributed by atoms with Crippen molar-refractivity contribution in [2.75, 3.05) is 23.0 Å². The van der Waals surface area contributed by atoms with Crippen molar-refractivity contribution in [3.63, 3.8) is 0 Å². The lowest BCUT2D eigenvalue weighted by Crippen LogP contribution is -2.30. The molecule has 0 heterocycles. The predicted octanol–water partition coefficient (Wildman–Crippen LogP) is 8.09. The summed E-state index contributed by atoms with van der Waals surface area (Å²) in [5.41, 5.74) is 2.33. The summed E-state index contributed by atoms with van der Waals surface area (Å²) in [6.07, 6.45) is 3.22. The Morgan fingerprint density at radius 3 is 2.15 bits per heavy atom.